The number of hydrogen-bond acceptors (Lipinski definition) is 6. The number of nitrogens with two attached hydrogens (primary N) is 1. The lowest BCUT2D eigenvalue weighted by Crippen LogP contribution is -2.32. The second-order valence-corrected chi connectivity index (χ2v) is 4.42. The number of carboxylic acids is 1. The van der Waals surface area contributed by atoms with Gasteiger partial charge in [-0.2, -0.15) is 0 Å². The quantitative estimate of drug-likeness (QED) is 0.358. The Balaban J connectivity index is 0.000000255. The van der Waals surface area contributed by atoms with Crippen molar-refractivity contribution in [2.24, 2.45) is 5.73 Å². The van der Waals surface area contributed by atoms with Crippen molar-refractivity contribution in [1.82, 2.24) is 0 Å². The number of hydrogen-bond donors (Lipinski definition) is 4. The Bertz CT molecular complexity index is 625. The summed E-state index contributed by atoms with van der Waals surface area (Å²) in [7, 11) is 0. The Morgan fingerprint density at radius 1 is 1.05 bits per heavy atom. The average molecular weight is 305 g/mol. The van der Waals surface area contributed by atoms with Gasteiger partial charge < -0.3 is 21.1 Å². The van der Waals surface area contributed by atoms with Crippen LogP contribution in [0.15, 0.2) is 42.5 Å². The van der Waals surface area contributed by atoms with Crippen LogP contribution in [0.4, 0.5) is 0 Å². The fourth-order valence-corrected chi connectivity index (χ4v) is 1.49. The Morgan fingerprint density at radius 2 is 1.59 bits per heavy atom. The van der Waals surface area contributed by atoms with Gasteiger partial charge in [0.25, 0.3) is 0 Å². The molecule has 116 valence electrons. The van der Waals surface area contributed by atoms with E-state index in [0.29, 0.717) is 5.56 Å². The van der Waals surface area contributed by atoms with Gasteiger partial charge in [0.2, 0.25) is 11.6 Å². The van der Waals surface area contributed by atoms with Gasteiger partial charge in [-0.1, -0.05) is 18.2 Å². The van der Waals surface area contributed by atoms with Crippen molar-refractivity contribution in [3.05, 3.63) is 48.1 Å². The van der Waals surface area contributed by atoms with Crippen LogP contribution in [0, 0.1) is 0 Å². The lowest BCUT2D eigenvalue weighted by Gasteiger charge is -2.06. The van der Waals surface area contributed by atoms with Crippen LogP contribution in [-0.2, 0) is 20.8 Å². The Kier molecular flexibility index (Phi) is 6.03. The van der Waals surface area contributed by atoms with E-state index in [0.717, 1.165) is 0 Å². The number of phenolic OH excluding ortho intramolecular Hbond substituents is 2. The fourth-order valence-electron chi connectivity index (χ4n) is 1.49. The van der Waals surface area contributed by atoms with Gasteiger partial charge in [-0.25, -0.2) is 0 Å². The summed E-state index contributed by atoms with van der Waals surface area (Å²) in [4.78, 5) is 31.0. The third-order valence-electron chi connectivity index (χ3n) is 2.66. The zero-order valence-corrected chi connectivity index (χ0v) is 11.5. The standard InChI is InChI=1S/C9H11NO4.C6H4O2/c10-6(9(13)14)3-5-1-2-7(11)8(12)4-5;7-5-3-1-2-4-6(5)8/h1-2,4,6,11-12H,3,10H2,(H,13,14);1-4H. The zero-order chi connectivity index (χ0) is 16.7. The smallest absolute Gasteiger partial charge is 0.320 e. The van der Waals surface area contributed by atoms with E-state index >= 15 is 0 Å². The molecule has 1 aliphatic carbocycles. The number of allylic oxidation sites excluding steroid dienone is 4. The lowest BCUT2D eigenvalue weighted by atomic mass is 10.1. The highest BCUT2D eigenvalue weighted by atomic mass is 16.4. The fraction of sp³-hybridized carbons (Fsp3) is 0.133. The molecule has 2 rings (SSSR count). The minimum absolute atomic E-state index is 0.114. The average Bonchev–Trinajstić information content (AvgIpc) is 2.46. The van der Waals surface area contributed by atoms with Crippen molar-refractivity contribution in [2.45, 2.75) is 12.5 Å². The minimum atomic E-state index is -1.10. The minimum Gasteiger partial charge on any atom is -0.504 e. The number of ketones is 2. The number of aromatic hydroxyl groups is 2. The summed E-state index contributed by atoms with van der Waals surface area (Å²) in [5.41, 5.74) is 5.86. The first-order chi connectivity index (χ1) is 10.3. The number of benzene rings is 1. The van der Waals surface area contributed by atoms with Crippen molar-refractivity contribution in [2.75, 3.05) is 0 Å². The molecule has 0 spiro atoms. The molecule has 5 N–H and O–H groups in total. The number of carbonyl (C=O) groups excluding carboxylic acids is 2. The maximum absolute atomic E-state index is 10.4. The topological polar surface area (TPSA) is 138 Å². The van der Waals surface area contributed by atoms with Crippen molar-refractivity contribution in [3.8, 4) is 11.5 Å². The largest absolute Gasteiger partial charge is 0.504 e. The maximum Gasteiger partial charge on any atom is 0.320 e. The van der Waals surface area contributed by atoms with Crippen LogP contribution >= 0.6 is 0 Å². The van der Waals surface area contributed by atoms with E-state index in [9.17, 15) is 14.4 Å². The van der Waals surface area contributed by atoms with Gasteiger partial charge in [-0.05, 0) is 36.3 Å². The van der Waals surface area contributed by atoms with Gasteiger partial charge in [0.1, 0.15) is 6.04 Å². The number of aliphatic carboxylic acids is 1. The molecule has 0 saturated heterocycles. The predicted molar refractivity (Wildman–Crippen MR) is 77.4 cm³/mol. The van der Waals surface area contributed by atoms with Crippen molar-refractivity contribution < 1.29 is 29.7 Å². The molecule has 1 unspecified atom stereocenters. The van der Waals surface area contributed by atoms with E-state index in [1.807, 2.05) is 0 Å². The molecule has 0 saturated carbocycles. The molecule has 1 atom stereocenters. The summed E-state index contributed by atoms with van der Waals surface area (Å²) < 4.78 is 0. The van der Waals surface area contributed by atoms with Crippen LogP contribution in [0.3, 0.4) is 0 Å². The van der Waals surface area contributed by atoms with Gasteiger partial charge in [0.05, 0.1) is 0 Å². The van der Waals surface area contributed by atoms with E-state index in [4.69, 9.17) is 21.1 Å². The SMILES string of the molecule is NC(Cc1ccc(O)c(O)c1)C(=O)O.O=C1C=CC=CC1=O. The van der Waals surface area contributed by atoms with Gasteiger partial charge in [0.15, 0.2) is 11.5 Å². The van der Waals surface area contributed by atoms with Crippen molar-refractivity contribution >= 4 is 17.5 Å². The van der Waals surface area contributed by atoms with Crippen LogP contribution in [-0.4, -0.2) is 38.9 Å². The highest BCUT2D eigenvalue weighted by Crippen LogP contribution is 2.25. The Morgan fingerprint density at radius 3 is 2.00 bits per heavy atom. The monoisotopic (exact) mass is 305 g/mol. The normalized spacial score (nSPS) is 14.2. The van der Waals surface area contributed by atoms with Crippen LogP contribution < -0.4 is 5.73 Å². The molecule has 1 aromatic carbocycles. The van der Waals surface area contributed by atoms with Crippen LogP contribution in [0.1, 0.15) is 5.56 Å². The molecule has 0 aromatic heterocycles. The highest BCUT2D eigenvalue weighted by Gasteiger charge is 2.12. The van der Waals surface area contributed by atoms with Crippen molar-refractivity contribution in [1.29, 1.82) is 0 Å². The molecule has 7 nitrogen and oxygen atoms in total. The van der Waals surface area contributed by atoms with Crippen LogP contribution in [0.2, 0.25) is 0 Å². The molecule has 7 heteroatoms. The number of rotatable bonds is 3. The van der Waals surface area contributed by atoms with E-state index < -0.39 is 23.6 Å². The molecule has 0 radical (unpaired) electrons. The number of phenols is 2. The van der Waals surface area contributed by atoms with Crippen molar-refractivity contribution in [3.63, 3.8) is 0 Å². The molecule has 1 aromatic rings. The molecule has 0 heterocycles. The Hall–Kier alpha value is -2.93. The first-order valence-electron chi connectivity index (χ1n) is 6.23. The summed E-state index contributed by atoms with van der Waals surface area (Å²) in [6.07, 6.45) is 5.71. The zero-order valence-electron chi connectivity index (χ0n) is 11.5. The second kappa shape index (κ2) is 7.75. The lowest BCUT2D eigenvalue weighted by molar-refractivity contribution is -0.138. The molecule has 1 aliphatic rings. The maximum atomic E-state index is 10.4. The third-order valence-corrected chi connectivity index (χ3v) is 2.66. The van der Waals surface area contributed by atoms with E-state index in [1.165, 1.54) is 30.4 Å². The number of carboxylic acid groups (broad SMARTS) is 1. The highest BCUT2D eigenvalue weighted by molar-refractivity contribution is 6.46. The molecule has 0 aliphatic heterocycles. The second-order valence-electron chi connectivity index (χ2n) is 4.42. The van der Waals surface area contributed by atoms with Gasteiger partial charge in [-0.3, -0.25) is 14.4 Å². The molecule has 0 amide bonds. The van der Waals surface area contributed by atoms with E-state index in [-0.39, 0.29) is 17.9 Å². The summed E-state index contributed by atoms with van der Waals surface area (Å²) in [6, 6.07) is 3.09. The summed E-state index contributed by atoms with van der Waals surface area (Å²) in [5, 5.41) is 26.6. The first-order valence-corrected chi connectivity index (χ1v) is 6.23. The first kappa shape index (κ1) is 17.1. The summed E-state index contributed by atoms with van der Waals surface area (Å²) >= 11 is 0. The predicted octanol–water partition coefficient (Wildman–Crippen LogP) is 0.303. The van der Waals surface area contributed by atoms with Crippen LogP contribution in [0.25, 0.3) is 0 Å². The van der Waals surface area contributed by atoms with Crippen LogP contribution in [0.5, 0.6) is 11.5 Å². The molecular weight excluding hydrogens is 290 g/mol. The molecular formula is C15H15NO6. The number of carbonyl (C=O) groups is 3. The molecule has 0 bridgehead atoms. The van der Waals surface area contributed by atoms with E-state index in [1.54, 1.807) is 12.2 Å². The molecule has 22 heavy (non-hydrogen) atoms. The van der Waals surface area contributed by atoms with Gasteiger partial charge in [0, 0.05) is 0 Å². The summed E-state index contributed by atoms with van der Waals surface area (Å²) in [6.45, 7) is 0. The summed E-state index contributed by atoms with van der Waals surface area (Å²) in [5.74, 6) is -2.49. The Labute approximate surface area is 126 Å². The van der Waals surface area contributed by atoms with Gasteiger partial charge in [-0.15, -0.1) is 0 Å². The van der Waals surface area contributed by atoms with Gasteiger partial charge >= 0.3 is 5.97 Å². The van der Waals surface area contributed by atoms with E-state index in [2.05, 4.69) is 0 Å². The third kappa shape index (κ3) is 5.22. The molecule has 0 fully saturated rings.